The van der Waals surface area contributed by atoms with Crippen LogP contribution in [0.3, 0.4) is 0 Å². The second kappa shape index (κ2) is 28.9. The average molecular weight is 1320 g/mol. The lowest BCUT2D eigenvalue weighted by Crippen LogP contribution is -2.69. The molecule has 9 aliphatic rings. The first-order valence-electron chi connectivity index (χ1n) is 32.1. The molecule has 17 N–H and O–H groups in total. The number of allylic oxidation sites excluding steroid dienone is 2. The van der Waals surface area contributed by atoms with Crippen LogP contribution in [0.4, 0.5) is 0 Å². The standard InChI is InChI=1S/C62H100N2O28/c1-24(2)16-28(70)17-25(3)30-18-31(71)39-29-10-11-37-59(6,7)38(12-13-61(37,9)62(29,82)15-14-60(30,39)8)90-58-52(46(76)36(23-84-58)89-54-40(63-26(4)68)47(77)42(72)32(19-65)85-54)91-55-41(64-27(5)69)48(78)45(75)35(88-55)22-83-57-53(50(80)44(74)34(21-67)87-57)92-56-51(81)49(79)43(73)33(20-66)86-56/h16,25,30-38,40-58,65-67,71-82H,10-15,17-23H2,1-9H3,(H,63,68)(H,64,69)/t25-,30-,31-,32-,33-,34-,35-,36-,37?,38+,40-,41-,42+,43-,44-,45-,46+,47-,48-,49+,50+,51-,52-,53-,54+,55+,56+,57-,58+,60-,61+,62-/m1/s1. The highest BCUT2D eigenvalue weighted by Crippen LogP contribution is 2.70. The third kappa shape index (κ3) is 13.8. The van der Waals surface area contributed by atoms with Gasteiger partial charge in [-0.05, 0) is 105 Å². The van der Waals surface area contributed by atoms with Crippen LogP contribution < -0.4 is 10.6 Å². The van der Waals surface area contributed by atoms with Crippen molar-refractivity contribution >= 4 is 17.6 Å². The molecule has 32 atom stereocenters. The number of carbonyl (C=O) groups is 3. The summed E-state index contributed by atoms with van der Waals surface area (Å²) in [5, 5.41) is 173. The fourth-order valence-electron chi connectivity index (χ4n) is 16.9. The minimum Gasteiger partial charge on any atom is -0.394 e. The number of carbonyl (C=O) groups excluding carboxylic acids is 3. The molecule has 30 heteroatoms. The highest BCUT2D eigenvalue weighted by molar-refractivity contribution is 5.90. The van der Waals surface area contributed by atoms with E-state index in [0.29, 0.717) is 51.4 Å². The molecule has 0 spiro atoms. The van der Waals surface area contributed by atoms with E-state index in [1.165, 1.54) is 0 Å². The van der Waals surface area contributed by atoms with Gasteiger partial charge in [0.1, 0.15) is 116 Å². The summed E-state index contributed by atoms with van der Waals surface area (Å²) in [6.07, 6.45) is -35.5. The minimum atomic E-state index is -2.01. The number of aliphatic hydroxyl groups excluding tert-OH is 14. The third-order valence-corrected chi connectivity index (χ3v) is 21.8. The van der Waals surface area contributed by atoms with Crippen LogP contribution in [0.1, 0.15) is 114 Å². The van der Waals surface area contributed by atoms with Gasteiger partial charge in [-0.15, -0.1) is 0 Å². The van der Waals surface area contributed by atoms with Crippen molar-refractivity contribution in [2.45, 2.75) is 279 Å². The summed E-state index contributed by atoms with van der Waals surface area (Å²) in [6.45, 7) is 12.4. The fraction of sp³-hybridized carbons (Fsp3) is 0.887. The summed E-state index contributed by atoms with van der Waals surface area (Å²) in [7, 11) is 0. The first-order valence-corrected chi connectivity index (χ1v) is 32.1. The van der Waals surface area contributed by atoms with Crippen molar-refractivity contribution in [1.29, 1.82) is 0 Å². The predicted octanol–water partition coefficient (Wildman–Crippen LogP) is -4.60. The molecular weight excluding hydrogens is 1220 g/mol. The Bertz CT molecular complexity index is 2630. The van der Waals surface area contributed by atoms with Crippen LogP contribution in [0.5, 0.6) is 0 Å². The van der Waals surface area contributed by atoms with E-state index in [-0.39, 0.29) is 23.5 Å². The van der Waals surface area contributed by atoms with Crippen molar-refractivity contribution in [1.82, 2.24) is 10.6 Å². The second-order valence-electron chi connectivity index (χ2n) is 28.4. The summed E-state index contributed by atoms with van der Waals surface area (Å²) >= 11 is 0. The smallest absolute Gasteiger partial charge is 0.217 e. The van der Waals surface area contributed by atoms with Crippen molar-refractivity contribution in [2.75, 3.05) is 33.0 Å². The van der Waals surface area contributed by atoms with E-state index in [4.69, 9.17) is 47.4 Å². The number of nitrogens with one attached hydrogen (secondary N) is 2. The predicted molar refractivity (Wildman–Crippen MR) is 312 cm³/mol. The summed E-state index contributed by atoms with van der Waals surface area (Å²) in [5.74, 6) is -1.67. The Hall–Kier alpha value is -2.91. The fourth-order valence-corrected chi connectivity index (χ4v) is 16.9. The number of ether oxygens (including phenoxy) is 10. The van der Waals surface area contributed by atoms with Gasteiger partial charge in [-0.1, -0.05) is 40.2 Å². The lowest BCUT2D eigenvalue weighted by atomic mass is 9.42. The molecule has 0 aromatic heterocycles. The molecular formula is C62H100N2O28. The molecule has 4 aliphatic carbocycles. The first kappa shape index (κ1) is 73.3. The molecule has 526 valence electrons. The number of hydrogen-bond donors (Lipinski definition) is 17. The highest BCUT2D eigenvalue weighted by Gasteiger charge is 2.68. The molecule has 5 saturated heterocycles. The average Bonchev–Trinajstić information content (AvgIpc) is 0.905. The lowest BCUT2D eigenvalue weighted by molar-refractivity contribution is -0.380. The second-order valence-corrected chi connectivity index (χ2v) is 28.4. The molecule has 1 unspecified atom stereocenters. The van der Waals surface area contributed by atoms with Crippen molar-refractivity contribution in [2.24, 2.45) is 34.0 Å². The maximum atomic E-state index is 13.4. The zero-order valence-electron chi connectivity index (χ0n) is 53.5. The molecule has 2 amide bonds. The third-order valence-electron chi connectivity index (χ3n) is 21.8. The van der Waals surface area contributed by atoms with Gasteiger partial charge in [-0.2, -0.15) is 0 Å². The minimum absolute atomic E-state index is 0.00626. The number of ketones is 1. The Morgan fingerprint density at radius 2 is 1.12 bits per heavy atom. The normalized spacial score (nSPS) is 48.1. The van der Waals surface area contributed by atoms with Crippen molar-refractivity contribution in [3.63, 3.8) is 0 Å². The van der Waals surface area contributed by atoms with Crippen LogP contribution in [-0.4, -0.2) is 292 Å². The zero-order valence-corrected chi connectivity index (χ0v) is 53.5. The molecule has 0 aromatic rings. The monoisotopic (exact) mass is 1320 g/mol. The van der Waals surface area contributed by atoms with E-state index in [9.17, 15) is 91.0 Å². The largest absolute Gasteiger partial charge is 0.394 e. The van der Waals surface area contributed by atoms with Crippen molar-refractivity contribution in [3.05, 3.63) is 22.8 Å². The van der Waals surface area contributed by atoms with E-state index >= 15 is 0 Å². The van der Waals surface area contributed by atoms with E-state index < -0.39 is 226 Å². The SMILES string of the molecule is CC(=O)N[C@H]1[C@H](O[C@@H]2CO[C@@H](O[C@H]3CC[C@@]4(C)C(CCC5=C6[C@H](O)C[C@H]([C@H](C)CC(=O)C=C(C)C)[C@@]6(C)CC[C@@]54O)C3(C)C)[C@H](O[C@@H]3O[C@H](CO[C@@H]4O[C@H](CO)[C@@H](O)[C@H](O)[C@H]4O[C@@H]4O[C@H](CO)[C@@H](O)[C@H](O)[C@H]4O)[C@@H](O)[C@H](O)[C@H]3NC(C)=O)[C@H]2O)O[C@H](CO)[C@H](O)[C@@H]1O. The van der Waals surface area contributed by atoms with E-state index in [2.05, 4.69) is 31.4 Å². The van der Waals surface area contributed by atoms with Crippen LogP contribution in [-0.2, 0) is 61.8 Å². The van der Waals surface area contributed by atoms with Crippen molar-refractivity contribution in [3.8, 4) is 0 Å². The van der Waals surface area contributed by atoms with Gasteiger partial charge >= 0.3 is 0 Å². The van der Waals surface area contributed by atoms with Gasteiger partial charge in [0.15, 0.2) is 37.2 Å². The van der Waals surface area contributed by atoms with Gasteiger partial charge < -0.3 is 135 Å². The van der Waals surface area contributed by atoms with Gasteiger partial charge in [-0.3, -0.25) is 14.4 Å². The Balaban J connectivity index is 1.000. The van der Waals surface area contributed by atoms with Gasteiger partial charge in [0.25, 0.3) is 0 Å². The topological polar surface area (TPSA) is 471 Å². The number of rotatable bonds is 20. The van der Waals surface area contributed by atoms with Gasteiger partial charge in [0.2, 0.25) is 11.8 Å². The summed E-state index contributed by atoms with van der Waals surface area (Å²) in [6, 6.07) is -3.15. The molecule has 9 rings (SSSR count). The Labute approximate surface area is 533 Å². The Kier molecular flexibility index (Phi) is 23.0. The maximum Gasteiger partial charge on any atom is 0.217 e. The molecule has 0 aromatic carbocycles. The van der Waals surface area contributed by atoms with Crippen LogP contribution in [0, 0.1) is 34.0 Å². The molecule has 0 bridgehead atoms. The molecule has 92 heavy (non-hydrogen) atoms. The number of hydrogen-bond acceptors (Lipinski definition) is 28. The van der Waals surface area contributed by atoms with Crippen LogP contribution in [0.25, 0.3) is 0 Å². The molecule has 8 fully saturated rings. The van der Waals surface area contributed by atoms with E-state index in [0.717, 1.165) is 30.6 Å². The Morgan fingerprint density at radius 3 is 1.71 bits per heavy atom. The van der Waals surface area contributed by atoms with Crippen LogP contribution in [0.15, 0.2) is 22.8 Å². The van der Waals surface area contributed by atoms with E-state index in [1.807, 2.05) is 27.7 Å². The summed E-state index contributed by atoms with van der Waals surface area (Å²) in [4.78, 5) is 38.5. The number of fused-ring (bicyclic) bond motifs is 4. The lowest BCUT2D eigenvalue weighted by Gasteiger charge is -2.65. The molecule has 5 aliphatic heterocycles. The summed E-state index contributed by atoms with van der Waals surface area (Å²) in [5.41, 5.74) is -0.732. The van der Waals surface area contributed by atoms with Crippen molar-refractivity contribution < 1.29 is 138 Å². The highest BCUT2D eigenvalue weighted by atomic mass is 16.8. The van der Waals surface area contributed by atoms with Gasteiger partial charge in [0.05, 0.1) is 50.8 Å². The van der Waals surface area contributed by atoms with Crippen LogP contribution >= 0.6 is 0 Å². The molecule has 30 nitrogen and oxygen atoms in total. The number of aliphatic hydroxyl groups is 15. The van der Waals surface area contributed by atoms with E-state index in [1.54, 1.807) is 6.08 Å². The van der Waals surface area contributed by atoms with Gasteiger partial charge in [-0.25, -0.2) is 0 Å². The quantitative estimate of drug-likeness (QED) is 0.0310. The zero-order chi connectivity index (χ0) is 67.6. The number of amides is 2. The molecule has 3 saturated carbocycles. The Morgan fingerprint density at radius 1 is 0.598 bits per heavy atom. The molecule has 0 radical (unpaired) electrons. The maximum absolute atomic E-state index is 13.4. The van der Waals surface area contributed by atoms with Crippen LogP contribution in [0.2, 0.25) is 0 Å². The summed E-state index contributed by atoms with van der Waals surface area (Å²) < 4.78 is 61.6. The first-order chi connectivity index (χ1) is 43.2. The molecule has 5 heterocycles. The van der Waals surface area contributed by atoms with Gasteiger partial charge in [0, 0.05) is 25.7 Å².